The molecule has 0 aromatic heterocycles. The van der Waals surface area contributed by atoms with Gasteiger partial charge in [-0.15, -0.1) is 0 Å². The number of nitrogens with zero attached hydrogens (tertiary/aromatic N) is 1. The van der Waals surface area contributed by atoms with Gasteiger partial charge in [-0.05, 0) is 30.7 Å². The van der Waals surface area contributed by atoms with E-state index in [-0.39, 0.29) is 5.82 Å². The summed E-state index contributed by atoms with van der Waals surface area (Å²) in [6.07, 6.45) is 0. The van der Waals surface area contributed by atoms with Crippen molar-refractivity contribution in [3.05, 3.63) is 35.6 Å². The molecule has 3 heteroatoms. The Morgan fingerprint density at radius 1 is 1.21 bits per heavy atom. The Kier molecular flexibility index (Phi) is 6.46. The van der Waals surface area contributed by atoms with E-state index in [1.807, 2.05) is 6.07 Å². The first-order valence-electron chi connectivity index (χ1n) is 7.08. The molecule has 1 rings (SSSR count). The summed E-state index contributed by atoms with van der Waals surface area (Å²) in [7, 11) is 2.11. The fourth-order valence-corrected chi connectivity index (χ4v) is 2.30. The zero-order valence-electron chi connectivity index (χ0n) is 12.8. The predicted octanol–water partition coefficient (Wildman–Crippen LogP) is 3.28. The van der Waals surface area contributed by atoms with Gasteiger partial charge in [-0.2, -0.15) is 0 Å². The van der Waals surface area contributed by atoms with E-state index in [0.29, 0.717) is 18.0 Å². The van der Waals surface area contributed by atoms with Crippen LogP contribution in [-0.4, -0.2) is 30.6 Å². The molecule has 1 N–H and O–H groups in total. The Bertz CT molecular complexity index is 377. The largest absolute Gasteiger partial charge is 0.313 e. The summed E-state index contributed by atoms with van der Waals surface area (Å²) in [5.74, 6) is 0.400. The predicted molar refractivity (Wildman–Crippen MR) is 79.6 cm³/mol. The molecule has 0 aliphatic rings. The lowest BCUT2D eigenvalue weighted by atomic mass is 10.0. The number of nitrogens with one attached hydrogen (secondary N) is 1. The first kappa shape index (κ1) is 16.1. The number of benzene rings is 1. The van der Waals surface area contributed by atoms with Crippen molar-refractivity contribution in [3.63, 3.8) is 0 Å². The van der Waals surface area contributed by atoms with E-state index in [9.17, 15) is 4.39 Å². The molecular weight excluding hydrogens is 239 g/mol. The van der Waals surface area contributed by atoms with E-state index in [2.05, 4.69) is 45.0 Å². The second-order valence-corrected chi connectivity index (χ2v) is 5.92. The molecule has 1 atom stereocenters. The van der Waals surface area contributed by atoms with Crippen LogP contribution in [0.4, 0.5) is 4.39 Å². The molecule has 0 aliphatic heterocycles. The van der Waals surface area contributed by atoms with Gasteiger partial charge in [0.15, 0.2) is 0 Å². The minimum atomic E-state index is -0.160. The maximum absolute atomic E-state index is 13.2. The average molecular weight is 266 g/mol. The van der Waals surface area contributed by atoms with Crippen molar-refractivity contribution in [1.82, 2.24) is 10.2 Å². The molecule has 2 nitrogen and oxygen atoms in total. The molecule has 1 unspecified atom stereocenters. The Hall–Kier alpha value is -0.930. The van der Waals surface area contributed by atoms with Crippen molar-refractivity contribution in [3.8, 4) is 0 Å². The van der Waals surface area contributed by atoms with Gasteiger partial charge in [-0.1, -0.05) is 39.8 Å². The van der Waals surface area contributed by atoms with E-state index in [4.69, 9.17) is 0 Å². The van der Waals surface area contributed by atoms with Crippen LogP contribution in [0.15, 0.2) is 24.3 Å². The molecule has 0 aliphatic carbocycles. The number of hydrogen-bond acceptors (Lipinski definition) is 2. The standard InChI is InChI=1S/C16H27FN2/c1-12(2)16(10-18-13(3)4)19(5)11-14-7-6-8-15(17)9-14/h6-9,12-13,16,18H,10-11H2,1-5H3. The molecule has 0 saturated carbocycles. The molecule has 0 fully saturated rings. The van der Waals surface area contributed by atoms with Crippen molar-refractivity contribution in [2.45, 2.75) is 46.3 Å². The summed E-state index contributed by atoms with van der Waals surface area (Å²) >= 11 is 0. The molecule has 0 heterocycles. The number of rotatable bonds is 7. The lowest BCUT2D eigenvalue weighted by Crippen LogP contribution is -2.44. The van der Waals surface area contributed by atoms with Gasteiger partial charge in [-0.3, -0.25) is 4.90 Å². The van der Waals surface area contributed by atoms with Crippen LogP contribution in [0.5, 0.6) is 0 Å². The maximum Gasteiger partial charge on any atom is 0.123 e. The SMILES string of the molecule is CC(C)NCC(C(C)C)N(C)Cc1cccc(F)c1. The van der Waals surface area contributed by atoms with E-state index in [1.165, 1.54) is 6.07 Å². The average Bonchev–Trinajstić information content (AvgIpc) is 2.28. The molecule has 1 aromatic rings. The van der Waals surface area contributed by atoms with E-state index in [0.717, 1.165) is 18.7 Å². The fraction of sp³-hybridized carbons (Fsp3) is 0.625. The third-order valence-corrected chi connectivity index (χ3v) is 3.39. The molecular formula is C16H27FN2. The van der Waals surface area contributed by atoms with Crippen LogP contribution >= 0.6 is 0 Å². The van der Waals surface area contributed by atoms with Crippen molar-refractivity contribution in [1.29, 1.82) is 0 Å². The molecule has 0 saturated heterocycles. The van der Waals surface area contributed by atoms with Crippen LogP contribution in [0, 0.1) is 11.7 Å². The quantitative estimate of drug-likeness (QED) is 0.815. The summed E-state index contributed by atoms with van der Waals surface area (Å²) < 4.78 is 13.2. The smallest absolute Gasteiger partial charge is 0.123 e. The highest BCUT2D eigenvalue weighted by Crippen LogP contribution is 2.13. The third-order valence-electron chi connectivity index (χ3n) is 3.39. The maximum atomic E-state index is 13.2. The van der Waals surface area contributed by atoms with Crippen LogP contribution < -0.4 is 5.32 Å². The minimum absolute atomic E-state index is 0.160. The molecule has 0 amide bonds. The Morgan fingerprint density at radius 3 is 2.42 bits per heavy atom. The van der Waals surface area contributed by atoms with Gasteiger partial charge in [0, 0.05) is 25.2 Å². The summed E-state index contributed by atoms with van der Waals surface area (Å²) in [5, 5.41) is 3.49. The van der Waals surface area contributed by atoms with Gasteiger partial charge in [-0.25, -0.2) is 4.39 Å². The van der Waals surface area contributed by atoms with Gasteiger partial charge in [0.25, 0.3) is 0 Å². The van der Waals surface area contributed by atoms with E-state index < -0.39 is 0 Å². The number of likely N-dealkylation sites (N-methyl/N-ethyl adjacent to an activating group) is 1. The molecule has 108 valence electrons. The summed E-state index contributed by atoms with van der Waals surface area (Å²) in [6, 6.07) is 7.80. The Labute approximate surface area is 117 Å². The van der Waals surface area contributed by atoms with Gasteiger partial charge < -0.3 is 5.32 Å². The van der Waals surface area contributed by atoms with Gasteiger partial charge in [0.05, 0.1) is 0 Å². The van der Waals surface area contributed by atoms with E-state index in [1.54, 1.807) is 12.1 Å². The lowest BCUT2D eigenvalue weighted by Gasteiger charge is -2.32. The topological polar surface area (TPSA) is 15.3 Å². The van der Waals surface area contributed by atoms with Crippen LogP contribution in [0.1, 0.15) is 33.3 Å². The molecule has 0 spiro atoms. The second-order valence-electron chi connectivity index (χ2n) is 5.92. The summed E-state index contributed by atoms with van der Waals surface area (Å²) in [6.45, 7) is 10.5. The van der Waals surface area contributed by atoms with Gasteiger partial charge in [0.1, 0.15) is 5.82 Å². The van der Waals surface area contributed by atoms with Crippen molar-refractivity contribution in [2.24, 2.45) is 5.92 Å². The molecule has 19 heavy (non-hydrogen) atoms. The van der Waals surface area contributed by atoms with Gasteiger partial charge >= 0.3 is 0 Å². The molecule has 1 aromatic carbocycles. The van der Waals surface area contributed by atoms with Gasteiger partial charge in [0.2, 0.25) is 0 Å². The van der Waals surface area contributed by atoms with Crippen LogP contribution in [0.25, 0.3) is 0 Å². The summed E-state index contributed by atoms with van der Waals surface area (Å²) in [5.41, 5.74) is 1.03. The highest BCUT2D eigenvalue weighted by atomic mass is 19.1. The highest BCUT2D eigenvalue weighted by molar-refractivity contribution is 5.16. The zero-order chi connectivity index (χ0) is 14.4. The first-order chi connectivity index (χ1) is 8.90. The molecule has 0 bridgehead atoms. The monoisotopic (exact) mass is 266 g/mol. The summed E-state index contributed by atoms with van der Waals surface area (Å²) in [4.78, 5) is 2.30. The van der Waals surface area contributed by atoms with Crippen molar-refractivity contribution in [2.75, 3.05) is 13.6 Å². The Balaban J connectivity index is 2.63. The van der Waals surface area contributed by atoms with Crippen LogP contribution in [-0.2, 0) is 6.54 Å². The number of hydrogen-bond donors (Lipinski definition) is 1. The third kappa shape index (κ3) is 5.70. The zero-order valence-corrected chi connectivity index (χ0v) is 12.8. The number of halogens is 1. The highest BCUT2D eigenvalue weighted by Gasteiger charge is 2.18. The lowest BCUT2D eigenvalue weighted by molar-refractivity contribution is 0.177. The van der Waals surface area contributed by atoms with Crippen molar-refractivity contribution >= 4 is 0 Å². The van der Waals surface area contributed by atoms with Crippen LogP contribution in [0.3, 0.4) is 0 Å². The van der Waals surface area contributed by atoms with Crippen molar-refractivity contribution < 1.29 is 4.39 Å². The second kappa shape index (κ2) is 7.61. The first-order valence-corrected chi connectivity index (χ1v) is 7.08. The van der Waals surface area contributed by atoms with Crippen LogP contribution in [0.2, 0.25) is 0 Å². The normalized spacial score (nSPS) is 13.5. The molecule has 0 radical (unpaired) electrons. The minimum Gasteiger partial charge on any atom is -0.313 e. The fourth-order valence-electron chi connectivity index (χ4n) is 2.30. The Morgan fingerprint density at radius 2 is 1.89 bits per heavy atom. The van der Waals surface area contributed by atoms with E-state index >= 15 is 0 Å².